The Hall–Kier alpha value is -4.45. The van der Waals surface area contributed by atoms with E-state index in [1.807, 2.05) is 84.9 Å². The topological polar surface area (TPSA) is 84.1 Å². The third kappa shape index (κ3) is 4.99. The highest BCUT2D eigenvalue weighted by Gasteiger charge is 2.13. The van der Waals surface area contributed by atoms with Crippen molar-refractivity contribution in [1.82, 2.24) is 10.2 Å². The van der Waals surface area contributed by atoms with Crippen LogP contribution < -0.4 is 15.6 Å². The zero-order valence-electron chi connectivity index (χ0n) is 17.4. The summed E-state index contributed by atoms with van der Waals surface area (Å²) in [6.07, 6.45) is 1.84. The fraction of sp³-hybridized carbons (Fsp3) is 0.0385. The smallest absolute Gasteiger partial charge is 0.264 e. The molecular formula is C26H21N3O3. The van der Waals surface area contributed by atoms with Crippen LogP contribution in [0.3, 0.4) is 0 Å². The zero-order chi connectivity index (χ0) is 22.3. The molecule has 0 saturated carbocycles. The molecule has 1 aromatic heterocycles. The molecule has 0 fully saturated rings. The lowest BCUT2D eigenvalue weighted by Gasteiger charge is -2.11. The summed E-state index contributed by atoms with van der Waals surface area (Å²) in [5.41, 5.74) is 3.96. The number of anilines is 1. The van der Waals surface area contributed by atoms with Crippen molar-refractivity contribution in [2.45, 2.75) is 0 Å². The molecule has 2 N–H and O–H groups in total. The first-order valence-corrected chi connectivity index (χ1v) is 10.0. The van der Waals surface area contributed by atoms with Gasteiger partial charge in [-0.3, -0.25) is 9.59 Å². The molecule has 4 rings (SSSR count). The van der Waals surface area contributed by atoms with Gasteiger partial charge in [-0.15, -0.1) is 0 Å². The second kappa shape index (κ2) is 9.57. The largest absolute Gasteiger partial charge is 0.497 e. The van der Waals surface area contributed by atoms with E-state index < -0.39 is 0 Å². The van der Waals surface area contributed by atoms with Crippen molar-refractivity contribution in [3.05, 3.63) is 112 Å². The Labute approximate surface area is 185 Å². The van der Waals surface area contributed by atoms with Crippen LogP contribution in [0.15, 0.2) is 95.8 Å². The lowest BCUT2D eigenvalue weighted by molar-refractivity contribution is -0.111. The van der Waals surface area contributed by atoms with E-state index in [1.165, 1.54) is 6.07 Å². The highest BCUT2D eigenvalue weighted by atomic mass is 16.5. The van der Waals surface area contributed by atoms with Crippen molar-refractivity contribution < 1.29 is 9.53 Å². The molecule has 0 saturated heterocycles. The third-order valence-electron chi connectivity index (χ3n) is 4.85. The predicted octanol–water partition coefficient (Wildman–Crippen LogP) is 4.62. The van der Waals surface area contributed by atoms with Crippen molar-refractivity contribution in [2.75, 3.05) is 12.4 Å². The van der Waals surface area contributed by atoms with Crippen LogP contribution >= 0.6 is 0 Å². The second-order valence-electron chi connectivity index (χ2n) is 7.04. The fourth-order valence-electron chi connectivity index (χ4n) is 3.22. The summed E-state index contributed by atoms with van der Waals surface area (Å²) in [5, 5.41) is 9.45. The number of carbonyl (C=O) groups excluding carboxylic acids is 1. The van der Waals surface area contributed by atoms with E-state index in [2.05, 4.69) is 15.5 Å². The summed E-state index contributed by atoms with van der Waals surface area (Å²) < 4.78 is 5.21. The standard InChI is InChI=1S/C26H21N3O3/c1-32-22-12-10-18(11-13-22)16-23(19-6-3-2-4-7-19)26(31)27-21-9-5-8-20(17-21)24-14-15-25(30)29-28-24/h2-17H,1H3,(H,27,31)(H,29,30)/b23-16+. The van der Waals surface area contributed by atoms with Gasteiger partial charge in [0.05, 0.1) is 12.8 Å². The number of ether oxygens (including phenoxy) is 1. The molecule has 0 atom stereocenters. The first-order chi connectivity index (χ1) is 15.6. The van der Waals surface area contributed by atoms with E-state index in [0.717, 1.165) is 22.4 Å². The van der Waals surface area contributed by atoms with Crippen LogP contribution in [0, 0.1) is 0 Å². The van der Waals surface area contributed by atoms with Gasteiger partial charge in [-0.05, 0) is 47.5 Å². The molecule has 158 valence electrons. The third-order valence-corrected chi connectivity index (χ3v) is 4.85. The number of aromatic amines is 1. The molecule has 4 aromatic rings. The molecule has 1 amide bonds. The Morgan fingerprint density at radius 3 is 2.41 bits per heavy atom. The van der Waals surface area contributed by atoms with Gasteiger partial charge in [0.25, 0.3) is 11.5 Å². The monoisotopic (exact) mass is 423 g/mol. The Kier molecular flexibility index (Phi) is 6.22. The minimum Gasteiger partial charge on any atom is -0.497 e. The Morgan fingerprint density at radius 2 is 1.72 bits per heavy atom. The molecule has 0 spiro atoms. The minimum atomic E-state index is -0.269. The molecule has 6 nitrogen and oxygen atoms in total. The first kappa shape index (κ1) is 20.8. The van der Waals surface area contributed by atoms with Gasteiger partial charge in [-0.25, -0.2) is 5.10 Å². The van der Waals surface area contributed by atoms with Crippen LogP contribution in [0.2, 0.25) is 0 Å². The molecule has 0 unspecified atom stereocenters. The number of hydrogen-bond acceptors (Lipinski definition) is 4. The van der Waals surface area contributed by atoms with Crippen molar-refractivity contribution >= 4 is 23.2 Å². The Bertz CT molecular complexity index is 1290. The van der Waals surface area contributed by atoms with Crippen molar-refractivity contribution in [1.29, 1.82) is 0 Å². The molecule has 3 aromatic carbocycles. The van der Waals surface area contributed by atoms with Crippen molar-refractivity contribution in [3.8, 4) is 17.0 Å². The van der Waals surface area contributed by atoms with Crippen molar-refractivity contribution in [2.24, 2.45) is 0 Å². The molecule has 32 heavy (non-hydrogen) atoms. The molecule has 1 heterocycles. The van der Waals surface area contributed by atoms with Gasteiger partial charge in [0.2, 0.25) is 0 Å². The molecule has 0 aliphatic carbocycles. The Balaban J connectivity index is 1.64. The maximum absolute atomic E-state index is 13.3. The molecule has 6 heteroatoms. The van der Waals surface area contributed by atoms with E-state index in [1.54, 1.807) is 13.2 Å². The minimum absolute atomic E-state index is 0.237. The maximum Gasteiger partial charge on any atom is 0.264 e. The summed E-state index contributed by atoms with van der Waals surface area (Å²) in [7, 11) is 1.62. The van der Waals surface area contributed by atoms with Crippen LogP contribution in [0.4, 0.5) is 5.69 Å². The number of hydrogen-bond donors (Lipinski definition) is 2. The lowest BCUT2D eigenvalue weighted by atomic mass is 10.0. The van der Waals surface area contributed by atoms with Gasteiger partial charge in [-0.2, -0.15) is 5.10 Å². The van der Waals surface area contributed by atoms with Gasteiger partial charge in [0.15, 0.2) is 0 Å². The zero-order valence-corrected chi connectivity index (χ0v) is 17.4. The van der Waals surface area contributed by atoms with Crippen LogP contribution in [-0.2, 0) is 4.79 Å². The summed E-state index contributed by atoms with van der Waals surface area (Å²) in [6, 6.07) is 27.4. The number of rotatable bonds is 6. The first-order valence-electron chi connectivity index (χ1n) is 10.0. The van der Waals surface area contributed by atoms with Crippen LogP contribution in [-0.4, -0.2) is 23.2 Å². The van der Waals surface area contributed by atoms with Gasteiger partial charge >= 0.3 is 0 Å². The molecular weight excluding hydrogens is 402 g/mol. The molecule has 0 aliphatic rings. The van der Waals surface area contributed by atoms with E-state index in [-0.39, 0.29) is 11.5 Å². The summed E-state index contributed by atoms with van der Waals surface area (Å²) in [5.74, 6) is 0.513. The van der Waals surface area contributed by atoms with E-state index in [4.69, 9.17) is 4.74 Å². The summed E-state index contributed by atoms with van der Waals surface area (Å²) in [6.45, 7) is 0. The van der Waals surface area contributed by atoms with Crippen LogP contribution in [0.5, 0.6) is 5.75 Å². The summed E-state index contributed by atoms with van der Waals surface area (Å²) >= 11 is 0. The number of aromatic nitrogens is 2. The normalized spacial score (nSPS) is 11.1. The molecule has 0 bridgehead atoms. The number of nitrogens with one attached hydrogen (secondary N) is 2. The highest BCUT2D eigenvalue weighted by molar-refractivity contribution is 6.29. The number of carbonyl (C=O) groups is 1. The van der Waals surface area contributed by atoms with Crippen LogP contribution in [0.25, 0.3) is 22.9 Å². The fourth-order valence-corrected chi connectivity index (χ4v) is 3.22. The van der Waals surface area contributed by atoms with E-state index >= 15 is 0 Å². The SMILES string of the molecule is COc1ccc(/C=C(/C(=O)Nc2cccc(-c3ccc(=O)[nH]n3)c2)c2ccccc2)cc1. The summed E-state index contributed by atoms with van der Waals surface area (Å²) in [4.78, 5) is 24.5. The number of amides is 1. The highest BCUT2D eigenvalue weighted by Crippen LogP contribution is 2.24. The molecule has 0 radical (unpaired) electrons. The maximum atomic E-state index is 13.3. The van der Waals surface area contributed by atoms with E-state index in [0.29, 0.717) is 17.0 Å². The molecule has 0 aliphatic heterocycles. The number of benzene rings is 3. The van der Waals surface area contributed by atoms with Gasteiger partial charge < -0.3 is 10.1 Å². The number of H-pyrrole nitrogens is 1. The average Bonchev–Trinajstić information content (AvgIpc) is 2.84. The number of nitrogens with zero attached hydrogens (tertiary/aromatic N) is 1. The van der Waals surface area contributed by atoms with Gasteiger partial charge in [0, 0.05) is 22.9 Å². The van der Waals surface area contributed by atoms with Crippen LogP contribution in [0.1, 0.15) is 11.1 Å². The quantitative estimate of drug-likeness (QED) is 0.350. The van der Waals surface area contributed by atoms with Gasteiger partial charge in [0.1, 0.15) is 5.75 Å². The number of methoxy groups -OCH3 is 1. The van der Waals surface area contributed by atoms with E-state index in [9.17, 15) is 9.59 Å². The van der Waals surface area contributed by atoms with Crippen molar-refractivity contribution in [3.63, 3.8) is 0 Å². The lowest BCUT2D eigenvalue weighted by Crippen LogP contribution is -2.13. The average molecular weight is 423 g/mol. The predicted molar refractivity (Wildman–Crippen MR) is 126 cm³/mol. The Morgan fingerprint density at radius 1 is 0.938 bits per heavy atom. The van der Waals surface area contributed by atoms with Gasteiger partial charge in [-0.1, -0.05) is 54.6 Å². The second-order valence-corrected chi connectivity index (χ2v) is 7.04.